The summed E-state index contributed by atoms with van der Waals surface area (Å²) in [5.41, 5.74) is 6.22. The van der Waals surface area contributed by atoms with Crippen LogP contribution in [0.15, 0.2) is 54.6 Å². The van der Waals surface area contributed by atoms with Gasteiger partial charge in [-0.05, 0) is 59.4 Å². The van der Waals surface area contributed by atoms with Crippen molar-refractivity contribution in [2.75, 3.05) is 0 Å². The largest absolute Gasteiger partial charge is 0.113 e. The van der Waals surface area contributed by atoms with Gasteiger partial charge in [0.05, 0.1) is 5.38 Å². The first-order valence-corrected chi connectivity index (χ1v) is 7.71. The highest BCUT2D eigenvalue weighted by atomic mass is 35.5. The lowest BCUT2D eigenvalue weighted by Crippen LogP contribution is -1.99. The molecule has 106 valence electrons. The highest BCUT2D eigenvalue weighted by Crippen LogP contribution is 2.36. The van der Waals surface area contributed by atoms with Crippen LogP contribution < -0.4 is 0 Å². The molecule has 0 aliphatic rings. The maximum absolute atomic E-state index is 6.84. The van der Waals surface area contributed by atoms with E-state index < -0.39 is 0 Å². The molecule has 0 nitrogen and oxygen atoms in total. The van der Waals surface area contributed by atoms with E-state index in [1.165, 1.54) is 38.6 Å². The fourth-order valence-electron chi connectivity index (χ4n) is 2.83. The summed E-state index contributed by atoms with van der Waals surface area (Å²) in [7, 11) is 0. The minimum Gasteiger partial charge on any atom is -0.113 e. The van der Waals surface area contributed by atoms with Gasteiger partial charge in [-0.1, -0.05) is 54.6 Å². The number of hydrogen-bond donors (Lipinski definition) is 0. The quantitative estimate of drug-likeness (QED) is 0.501. The summed E-state index contributed by atoms with van der Waals surface area (Å²) in [6.07, 6.45) is 0. The normalized spacial score (nSPS) is 12.6. The lowest BCUT2D eigenvalue weighted by molar-refractivity contribution is 1.12. The Morgan fingerprint density at radius 3 is 2.24 bits per heavy atom. The molecule has 1 heteroatoms. The van der Waals surface area contributed by atoms with E-state index in [4.69, 9.17) is 11.6 Å². The topological polar surface area (TPSA) is 0 Å². The van der Waals surface area contributed by atoms with Crippen molar-refractivity contribution in [1.29, 1.82) is 0 Å². The molecule has 0 aromatic heterocycles. The van der Waals surface area contributed by atoms with Crippen molar-refractivity contribution in [3.8, 4) is 0 Å². The van der Waals surface area contributed by atoms with Crippen LogP contribution in [0.1, 0.15) is 33.2 Å². The molecule has 0 spiro atoms. The van der Waals surface area contributed by atoms with Crippen molar-refractivity contribution in [3.63, 3.8) is 0 Å². The van der Waals surface area contributed by atoms with Crippen molar-refractivity contribution in [2.24, 2.45) is 0 Å². The first-order chi connectivity index (χ1) is 10.1. The van der Waals surface area contributed by atoms with Crippen LogP contribution in [0.2, 0.25) is 0 Å². The van der Waals surface area contributed by atoms with Gasteiger partial charge in [0.25, 0.3) is 0 Å². The van der Waals surface area contributed by atoms with Crippen LogP contribution in [-0.2, 0) is 0 Å². The second kappa shape index (κ2) is 5.54. The van der Waals surface area contributed by atoms with E-state index in [0.717, 1.165) is 0 Å². The molecule has 0 N–H and O–H groups in total. The van der Waals surface area contributed by atoms with Gasteiger partial charge in [0.15, 0.2) is 0 Å². The maximum atomic E-state index is 6.84. The monoisotopic (exact) mass is 294 g/mol. The van der Waals surface area contributed by atoms with E-state index >= 15 is 0 Å². The van der Waals surface area contributed by atoms with Crippen molar-refractivity contribution >= 4 is 22.4 Å². The van der Waals surface area contributed by atoms with Crippen LogP contribution in [0, 0.1) is 20.8 Å². The highest BCUT2D eigenvalue weighted by molar-refractivity contribution is 6.23. The molecule has 1 atom stereocenters. The average molecular weight is 295 g/mol. The number of alkyl halides is 1. The van der Waals surface area contributed by atoms with E-state index in [0.29, 0.717) is 0 Å². The molecule has 0 aliphatic heterocycles. The molecule has 0 radical (unpaired) electrons. The minimum absolute atomic E-state index is 0.115. The molecule has 1 unspecified atom stereocenters. The van der Waals surface area contributed by atoms with Gasteiger partial charge in [-0.3, -0.25) is 0 Å². The Kier molecular flexibility index (Phi) is 3.73. The van der Waals surface area contributed by atoms with Gasteiger partial charge in [-0.25, -0.2) is 0 Å². The third-order valence-electron chi connectivity index (χ3n) is 4.27. The zero-order chi connectivity index (χ0) is 15.0. The van der Waals surface area contributed by atoms with Crippen molar-refractivity contribution in [1.82, 2.24) is 0 Å². The SMILES string of the molecule is Cc1ccc(C(Cl)c2c(C)ccc3ccccc23)cc1C. The van der Waals surface area contributed by atoms with E-state index in [9.17, 15) is 0 Å². The number of halogens is 1. The molecule has 3 rings (SSSR count). The van der Waals surface area contributed by atoms with Crippen LogP contribution in [0.4, 0.5) is 0 Å². The second-order valence-corrected chi connectivity index (χ2v) is 6.16. The molecule has 0 heterocycles. The van der Waals surface area contributed by atoms with Gasteiger partial charge in [-0.2, -0.15) is 0 Å². The first kappa shape index (κ1) is 14.2. The smallest absolute Gasteiger partial charge is 0.0844 e. The highest BCUT2D eigenvalue weighted by Gasteiger charge is 2.16. The molecule has 3 aromatic carbocycles. The number of aryl methyl sites for hydroxylation is 3. The predicted molar refractivity (Wildman–Crippen MR) is 92.3 cm³/mol. The van der Waals surface area contributed by atoms with Crippen LogP contribution in [0.5, 0.6) is 0 Å². The summed E-state index contributed by atoms with van der Waals surface area (Å²) in [5.74, 6) is 0. The summed E-state index contributed by atoms with van der Waals surface area (Å²) in [6.45, 7) is 6.40. The van der Waals surface area contributed by atoms with Gasteiger partial charge in [0.2, 0.25) is 0 Å². The Balaban J connectivity index is 2.19. The van der Waals surface area contributed by atoms with E-state index in [-0.39, 0.29) is 5.38 Å². The molecule has 0 saturated carbocycles. The fraction of sp³-hybridized carbons (Fsp3) is 0.200. The molecule has 0 fully saturated rings. The van der Waals surface area contributed by atoms with E-state index in [2.05, 4.69) is 75.4 Å². The van der Waals surface area contributed by atoms with Gasteiger partial charge in [0, 0.05) is 0 Å². The molecule has 0 saturated heterocycles. The van der Waals surface area contributed by atoms with Crippen molar-refractivity contribution in [2.45, 2.75) is 26.1 Å². The number of fused-ring (bicyclic) bond motifs is 1. The van der Waals surface area contributed by atoms with Gasteiger partial charge < -0.3 is 0 Å². The fourth-order valence-corrected chi connectivity index (χ4v) is 3.26. The number of hydrogen-bond acceptors (Lipinski definition) is 0. The Hall–Kier alpha value is -1.79. The summed E-state index contributed by atoms with van der Waals surface area (Å²) in [5, 5.41) is 2.37. The van der Waals surface area contributed by atoms with E-state index in [1.54, 1.807) is 0 Å². The third kappa shape index (κ3) is 2.56. The molecule has 3 aromatic rings. The van der Waals surface area contributed by atoms with Crippen molar-refractivity contribution < 1.29 is 0 Å². The third-order valence-corrected chi connectivity index (χ3v) is 4.74. The summed E-state index contributed by atoms with van der Waals surface area (Å²) in [4.78, 5) is 0. The minimum atomic E-state index is -0.115. The molecular formula is C20H19Cl. The molecule has 0 bridgehead atoms. The average Bonchev–Trinajstić information content (AvgIpc) is 2.49. The van der Waals surface area contributed by atoms with Crippen molar-refractivity contribution in [3.05, 3.63) is 82.4 Å². The summed E-state index contributed by atoms with van der Waals surface area (Å²) < 4.78 is 0. The zero-order valence-electron chi connectivity index (χ0n) is 12.7. The first-order valence-electron chi connectivity index (χ1n) is 7.27. The lowest BCUT2D eigenvalue weighted by Gasteiger charge is -2.17. The van der Waals surface area contributed by atoms with Crippen LogP contribution >= 0.6 is 11.6 Å². The summed E-state index contributed by atoms with van der Waals surface area (Å²) >= 11 is 6.84. The predicted octanol–water partition coefficient (Wildman–Crippen LogP) is 6.09. The summed E-state index contributed by atoms with van der Waals surface area (Å²) in [6, 6.07) is 19.3. The van der Waals surface area contributed by atoms with E-state index in [1.807, 2.05) is 0 Å². The molecule has 0 amide bonds. The number of benzene rings is 3. The zero-order valence-corrected chi connectivity index (χ0v) is 13.4. The van der Waals surface area contributed by atoms with Gasteiger partial charge in [-0.15, -0.1) is 11.6 Å². The Morgan fingerprint density at radius 1 is 0.762 bits per heavy atom. The molecular weight excluding hydrogens is 276 g/mol. The van der Waals surface area contributed by atoms with Gasteiger partial charge >= 0.3 is 0 Å². The Bertz CT molecular complexity index is 802. The van der Waals surface area contributed by atoms with Gasteiger partial charge in [0.1, 0.15) is 0 Å². The number of rotatable bonds is 2. The van der Waals surface area contributed by atoms with Crippen LogP contribution in [0.25, 0.3) is 10.8 Å². The Morgan fingerprint density at radius 2 is 1.48 bits per heavy atom. The van der Waals surface area contributed by atoms with Crippen LogP contribution in [0.3, 0.4) is 0 Å². The molecule has 21 heavy (non-hydrogen) atoms. The lowest BCUT2D eigenvalue weighted by atomic mass is 9.93. The molecule has 0 aliphatic carbocycles. The standard InChI is InChI=1S/C20H19Cl/c1-13-8-11-17(12-15(13)3)20(21)19-14(2)9-10-16-6-4-5-7-18(16)19/h4-12,20H,1-3H3. The van der Waals surface area contributed by atoms with Crippen LogP contribution in [-0.4, -0.2) is 0 Å². The maximum Gasteiger partial charge on any atom is 0.0844 e. The Labute approximate surface area is 131 Å². The second-order valence-electron chi connectivity index (χ2n) is 5.72.